The van der Waals surface area contributed by atoms with E-state index in [2.05, 4.69) is 75.9 Å². The highest BCUT2D eigenvalue weighted by Gasteiger charge is 2.23. The van der Waals surface area contributed by atoms with Crippen molar-refractivity contribution in [2.24, 2.45) is 0 Å². The topological polar surface area (TPSA) is 85.2 Å². The molecule has 9 rings (SSSR count). The molecule has 0 aliphatic carbocycles. The fourth-order valence-electron chi connectivity index (χ4n) is 6.48. The SMILES string of the molecule is N#Cc1ccc(-c2cc(-c3ccccc3)nc(-n3c4ccccc4c4ccc5c6ccccc6n(-c6ncccn6)c5c43)n2)cc1. The van der Waals surface area contributed by atoms with Crippen molar-refractivity contribution in [2.75, 3.05) is 0 Å². The van der Waals surface area contributed by atoms with Gasteiger partial charge in [0.05, 0.1) is 45.1 Å². The van der Waals surface area contributed by atoms with Crippen molar-refractivity contribution < 1.29 is 0 Å². The number of fused-ring (bicyclic) bond motifs is 7. The largest absolute Gasteiger partial charge is 0.276 e. The Morgan fingerprint density at radius 3 is 1.59 bits per heavy atom. The van der Waals surface area contributed by atoms with Crippen LogP contribution in [0, 0.1) is 11.3 Å². The second kappa shape index (κ2) is 10.2. The van der Waals surface area contributed by atoms with Gasteiger partial charge in [-0.2, -0.15) is 5.26 Å². The number of benzene rings is 5. The zero-order chi connectivity index (χ0) is 30.6. The van der Waals surface area contributed by atoms with E-state index in [1.165, 1.54) is 0 Å². The molecule has 4 heterocycles. The standard InChI is InChI=1S/C39H23N7/c40-24-25-15-17-27(18-16-25)33-23-32(26-9-2-1-3-10-26)43-39(44-33)46-35-14-7-5-12-29(35)31-20-19-30-28-11-4-6-13-34(28)45(36(30)37(31)46)38-41-21-8-22-42-38/h1-23H. The number of aromatic nitrogens is 6. The number of rotatable bonds is 4. The molecule has 0 unspecified atom stereocenters. The second-order valence-corrected chi connectivity index (χ2v) is 11.1. The van der Waals surface area contributed by atoms with Crippen LogP contribution in [0.15, 0.2) is 140 Å². The molecule has 0 saturated carbocycles. The summed E-state index contributed by atoms with van der Waals surface area (Å²) in [6.07, 6.45) is 3.55. The molecule has 0 saturated heterocycles. The summed E-state index contributed by atoms with van der Waals surface area (Å²) in [4.78, 5) is 19.8. The molecular formula is C39H23N7. The van der Waals surface area contributed by atoms with Gasteiger partial charge in [-0.3, -0.25) is 9.13 Å². The van der Waals surface area contributed by atoms with E-state index in [-0.39, 0.29) is 0 Å². The van der Waals surface area contributed by atoms with Crippen molar-refractivity contribution in [2.45, 2.75) is 0 Å². The molecule has 214 valence electrons. The molecule has 0 N–H and O–H groups in total. The molecule has 0 radical (unpaired) electrons. The van der Waals surface area contributed by atoms with Gasteiger partial charge in [-0.15, -0.1) is 0 Å². The summed E-state index contributed by atoms with van der Waals surface area (Å²) in [7, 11) is 0. The maximum Gasteiger partial charge on any atom is 0.235 e. The monoisotopic (exact) mass is 589 g/mol. The van der Waals surface area contributed by atoms with Crippen LogP contribution in [-0.2, 0) is 0 Å². The van der Waals surface area contributed by atoms with Crippen molar-refractivity contribution in [3.05, 3.63) is 145 Å². The molecule has 5 aromatic carbocycles. The molecule has 4 aromatic heterocycles. The highest BCUT2D eigenvalue weighted by molar-refractivity contribution is 6.23. The van der Waals surface area contributed by atoms with Crippen LogP contribution in [0.5, 0.6) is 0 Å². The number of nitrogens with zero attached hydrogens (tertiary/aromatic N) is 7. The Balaban J connectivity index is 1.45. The van der Waals surface area contributed by atoms with Gasteiger partial charge < -0.3 is 0 Å². The van der Waals surface area contributed by atoms with E-state index in [0.717, 1.165) is 66.1 Å². The summed E-state index contributed by atoms with van der Waals surface area (Å²) in [6, 6.07) is 44.9. The van der Waals surface area contributed by atoms with Gasteiger partial charge in [0.15, 0.2) is 0 Å². The van der Waals surface area contributed by atoms with E-state index >= 15 is 0 Å². The Hall–Kier alpha value is -6.65. The second-order valence-electron chi connectivity index (χ2n) is 11.1. The highest BCUT2D eigenvalue weighted by atomic mass is 15.2. The number of nitriles is 1. The molecule has 7 nitrogen and oxygen atoms in total. The van der Waals surface area contributed by atoms with Gasteiger partial charge in [-0.1, -0.05) is 91.0 Å². The van der Waals surface area contributed by atoms with Crippen molar-refractivity contribution in [3.63, 3.8) is 0 Å². The normalized spacial score (nSPS) is 11.5. The molecule has 0 aliphatic rings. The molecular weight excluding hydrogens is 566 g/mol. The van der Waals surface area contributed by atoms with Gasteiger partial charge in [0.1, 0.15) is 0 Å². The zero-order valence-electron chi connectivity index (χ0n) is 24.4. The molecule has 0 aliphatic heterocycles. The Bertz CT molecular complexity index is 2630. The van der Waals surface area contributed by atoms with Crippen molar-refractivity contribution in [1.82, 2.24) is 29.1 Å². The number of hydrogen-bond donors (Lipinski definition) is 0. The first-order chi connectivity index (χ1) is 22.8. The van der Waals surface area contributed by atoms with Crippen molar-refractivity contribution in [3.8, 4) is 40.5 Å². The first kappa shape index (κ1) is 25.8. The Morgan fingerprint density at radius 2 is 1.00 bits per heavy atom. The lowest BCUT2D eigenvalue weighted by atomic mass is 10.1. The predicted molar refractivity (Wildman–Crippen MR) is 182 cm³/mol. The van der Waals surface area contributed by atoms with Crippen LogP contribution in [0.2, 0.25) is 0 Å². The van der Waals surface area contributed by atoms with Gasteiger partial charge in [0, 0.05) is 45.1 Å². The van der Waals surface area contributed by atoms with Crippen molar-refractivity contribution in [1.29, 1.82) is 5.26 Å². The molecule has 9 aromatic rings. The number of hydrogen-bond acceptors (Lipinski definition) is 5. The molecule has 0 spiro atoms. The smallest absolute Gasteiger partial charge is 0.235 e. The van der Waals surface area contributed by atoms with E-state index < -0.39 is 0 Å². The molecule has 0 bridgehead atoms. The molecule has 0 atom stereocenters. The lowest BCUT2D eigenvalue weighted by molar-refractivity contribution is 0.975. The third kappa shape index (κ3) is 3.91. The van der Waals surface area contributed by atoms with Crippen LogP contribution in [0.3, 0.4) is 0 Å². The summed E-state index contributed by atoms with van der Waals surface area (Å²) >= 11 is 0. The maximum absolute atomic E-state index is 9.42. The third-order valence-corrected chi connectivity index (χ3v) is 8.51. The number of para-hydroxylation sites is 2. The van der Waals surface area contributed by atoms with Crippen LogP contribution in [-0.4, -0.2) is 29.1 Å². The molecule has 7 heteroatoms. The fraction of sp³-hybridized carbons (Fsp3) is 0. The van der Waals surface area contributed by atoms with E-state index in [1.807, 2.05) is 66.7 Å². The first-order valence-electron chi connectivity index (χ1n) is 15.0. The van der Waals surface area contributed by atoms with Crippen LogP contribution in [0.25, 0.3) is 78.0 Å². The lowest BCUT2D eigenvalue weighted by Gasteiger charge is -2.13. The van der Waals surface area contributed by atoms with Gasteiger partial charge in [-0.05, 0) is 36.4 Å². The van der Waals surface area contributed by atoms with E-state index in [9.17, 15) is 5.26 Å². The summed E-state index contributed by atoms with van der Waals surface area (Å²) in [5.41, 5.74) is 8.01. The maximum atomic E-state index is 9.42. The summed E-state index contributed by atoms with van der Waals surface area (Å²) in [5.74, 6) is 1.14. The minimum Gasteiger partial charge on any atom is -0.276 e. The van der Waals surface area contributed by atoms with Crippen LogP contribution in [0.4, 0.5) is 0 Å². The average Bonchev–Trinajstić information content (AvgIpc) is 3.65. The third-order valence-electron chi connectivity index (χ3n) is 8.51. The van der Waals surface area contributed by atoms with Crippen LogP contribution >= 0.6 is 0 Å². The predicted octanol–water partition coefficient (Wildman–Crippen LogP) is 8.67. The molecule has 46 heavy (non-hydrogen) atoms. The molecule has 0 amide bonds. The summed E-state index contributed by atoms with van der Waals surface area (Å²) < 4.78 is 4.32. The van der Waals surface area contributed by atoms with Gasteiger partial charge in [0.25, 0.3) is 0 Å². The Kier molecular flexibility index (Phi) is 5.74. The van der Waals surface area contributed by atoms with E-state index in [0.29, 0.717) is 17.5 Å². The zero-order valence-corrected chi connectivity index (χ0v) is 24.4. The van der Waals surface area contributed by atoms with Gasteiger partial charge in [0.2, 0.25) is 11.9 Å². The van der Waals surface area contributed by atoms with E-state index in [4.69, 9.17) is 19.9 Å². The lowest BCUT2D eigenvalue weighted by Crippen LogP contribution is -2.06. The summed E-state index contributed by atoms with van der Waals surface area (Å²) in [6.45, 7) is 0. The molecule has 0 fully saturated rings. The average molecular weight is 590 g/mol. The highest BCUT2D eigenvalue weighted by Crippen LogP contribution is 2.41. The fourth-order valence-corrected chi connectivity index (χ4v) is 6.48. The Morgan fingerprint density at radius 1 is 0.478 bits per heavy atom. The van der Waals surface area contributed by atoms with E-state index in [1.54, 1.807) is 12.4 Å². The van der Waals surface area contributed by atoms with Crippen LogP contribution < -0.4 is 0 Å². The van der Waals surface area contributed by atoms with Crippen molar-refractivity contribution >= 4 is 43.6 Å². The Labute approximate surface area is 263 Å². The van der Waals surface area contributed by atoms with Gasteiger partial charge >= 0.3 is 0 Å². The summed E-state index contributed by atoms with van der Waals surface area (Å²) in [5, 5.41) is 13.8. The quantitative estimate of drug-likeness (QED) is 0.205. The minimum absolute atomic E-state index is 0.546. The van der Waals surface area contributed by atoms with Crippen LogP contribution in [0.1, 0.15) is 5.56 Å². The first-order valence-corrected chi connectivity index (χ1v) is 15.0. The van der Waals surface area contributed by atoms with Gasteiger partial charge in [-0.25, -0.2) is 19.9 Å². The minimum atomic E-state index is 0.546.